The van der Waals surface area contributed by atoms with Gasteiger partial charge >= 0.3 is 17.8 Å². The van der Waals surface area contributed by atoms with E-state index >= 15 is 0 Å². The maximum atomic E-state index is 13.4. The van der Waals surface area contributed by atoms with Crippen molar-refractivity contribution in [3.8, 4) is 28.7 Å². The van der Waals surface area contributed by atoms with E-state index in [9.17, 15) is 24.3 Å². The predicted octanol–water partition coefficient (Wildman–Crippen LogP) is 2.15. The molecule has 15 heteroatoms. The Balaban J connectivity index is 1.15. The molecule has 4 aliphatic rings. The molecule has 0 saturated carbocycles. The van der Waals surface area contributed by atoms with Crippen LogP contribution >= 0.6 is 0 Å². The van der Waals surface area contributed by atoms with Gasteiger partial charge in [0.1, 0.15) is 12.7 Å². The monoisotopic (exact) mass is 649 g/mol. The van der Waals surface area contributed by atoms with E-state index in [1.807, 2.05) is 0 Å². The van der Waals surface area contributed by atoms with Gasteiger partial charge in [-0.25, -0.2) is 9.59 Å². The number of aromatic hydroxyl groups is 1. The quantitative estimate of drug-likeness (QED) is 0.251. The SMILES string of the molecule is COc1cc([C@@H]2c3cc4c(cc3[C@@H](NC(=O)OC[C@@H]3C=C[C@H](n5cc(C)c(=O)[nH]c5=O)O3)[C@H]3COC(=O)[C@H]23)OCO4)cc(OC)c1O. The molecule has 0 spiro atoms. The van der Waals surface area contributed by atoms with Crippen molar-refractivity contribution >= 4 is 12.1 Å². The third kappa shape index (κ3) is 5.21. The lowest BCUT2D eigenvalue weighted by molar-refractivity contribution is -0.141. The summed E-state index contributed by atoms with van der Waals surface area (Å²) >= 11 is 0. The van der Waals surface area contributed by atoms with E-state index < -0.39 is 59.4 Å². The Morgan fingerprint density at radius 3 is 2.43 bits per heavy atom. The summed E-state index contributed by atoms with van der Waals surface area (Å²) in [6.45, 7) is 1.45. The molecule has 4 heterocycles. The second kappa shape index (κ2) is 11.7. The predicted molar refractivity (Wildman–Crippen MR) is 160 cm³/mol. The van der Waals surface area contributed by atoms with Gasteiger partial charge in [-0.1, -0.05) is 6.08 Å². The van der Waals surface area contributed by atoms with Crippen LogP contribution in [0.25, 0.3) is 0 Å². The van der Waals surface area contributed by atoms with Crippen molar-refractivity contribution in [2.24, 2.45) is 11.8 Å². The molecule has 6 atom stereocenters. The molecule has 0 unspecified atom stereocenters. The Hall–Kier alpha value is -5.44. The van der Waals surface area contributed by atoms with Gasteiger partial charge in [0, 0.05) is 23.6 Å². The number of cyclic esters (lactones) is 1. The number of rotatable bonds is 7. The second-order valence-electron chi connectivity index (χ2n) is 11.6. The first-order valence-corrected chi connectivity index (χ1v) is 14.8. The van der Waals surface area contributed by atoms with E-state index in [2.05, 4.69) is 10.3 Å². The number of carbonyl (C=O) groups is 2. The van der Waals surface area contributed by atoms with Crippen molar-refractivity contribution in [3.63, 3.8) is 0 Å². The van der Waals surface area contributed by atoms with E-state index in [-0.39, 0.29) is 37.3 Å². The summed E-state index contributed by atoms with van der Waals surface area (Å²) in [5, 5.41) is 13.5. The van der Waals surface area contributed by atoms with Gasteiger partial charge in [-0.2, -0.15) is 0 Å². The molecule has 1 fully saturated rings. The van der Waals surface area contributed by atoms with Crippen molar-refractivity contribution in [2.45, 2.75) is 31.2 Å². The molecular weight excluding hydrogens is 618 g/mol. The normalized spacial score (nSPS) is 25.1. The maximum absolute atomic E-state index is 13.4. The van der Waals surface area contributed by atoms with Crippen molar-refractivity contribution in [1.29, 1.82) is 0 Å². The van der Waals surface area contributed by atoms with Crippen LogP contribution in [0.4, 0.5) is 4.79 Å². The van der Waals surface area contributed by atoms with Gasteiger partial charge in [0.15, 0.2) is 29.2 Å². The molecule has 7 rings (SSSR count). The van der Waals surface area contributed by atoms with Gasteiger partial charge in [0.25, 0.3) is 5.56 Å². The molecule has 1 aliphatic carbocycles. The standard InChI is InChI=1S/C32H31N3O12/c1-14-10-35(31(39)34-29(14)37)24-5-4-16(47-24)11-44-32(40)33-27-18-9-21-20(45-13-46-21)8-17(18)25(26-19(27)12-43-30(26)38)15-6-22(41-2)28(36)23(7-15)42-3/h4-10,16,19,24-27,36H,11-13H2,1-3H3,(H,33,40)(H,34,37,39)/t16-,19-,24+,25+,26-,27+/m0/s1. The molecule has 2 aromatic carbocycles. The number of aromatic amines is 1. The summed E-state index contributed by atoms with van der Waals surface area (Å²) in [6.07, 6.45) is 2.47. The summed E-state index contributed by atoms with van der Waals surface area (Å²) in [6, 6.07) is 6.14. The molecule has 3 N–H and O–H groups in total. The van der Waals surface area contributed by atoms with E-state index in [1.54, 1.807) is 43.3 Å². The van der Waals surface area contributed by atoms with Crippen LogP contribution in [-0.2, 0) is 19.0 Å². The molecule has 0 bridgehead atoms. The van der Waals surface area contributed by atoms with Gasteiger partial charge in [0.2, 0.25) is 12.5 Å². The number of ether oxygens (including phenoxy) is 7. The number of nitrogens with one attached hydrogen (secondary N) is 2. The molecular formula is C32H31N3O12. The van der Waals surface area contributed by atoms with Crippen LogP contribution in [0, 0.1) is 18.8 Å². The number of hydrogen-bond donors (Lipinski definition) is 3. The molecule has 0 radical (unpaired) electrons. The number of aromatic nitrogens is 2. The van der Waals surface area contributed by atoms with Gasteiger partial charge in [-0.05, 0) is 54.0 Å². The van der Waals surface area contributed by atoms with Gasteiger partial charge in [-0.15, -0.1) is 0 Å². The van der Waals surface area contributed by atoms with Crippen LogP contribution in [0.2, 0.25) is 0 Å². The van der Waals surface area contributed by atoms with Gasteiger partial charge in [-0.3, -0.25) is 19.1 Å². The minimum atomic E-state index is -0.791. The largest absolute Gasteiger partial charge is 0.502 e. The van der Waals surface area contributed by atoms with Crippen molar-refractivity contribution < 1.29 is 47.9 Å². The smallest absolute Gasteiger partial charge is 0.407 e. The lowest BCUT2D eigenvalue weighted by atomic mass is 9.65. The number of benzene rings is 2. The van der Waals surface area contributed by atoms with Gasteiger partial charge in [0.05, 0.1) is 32.8 Å². The Bertz CT molecular complexity index is 1890. The lowest BCUT2D eigenvalue weighted by Gasteiger charge is -2.39. The number of phenols is 1. The second-order valence-corrected chi connectivity index (χ2v) is 11.6. The third-order valence-electron chi connectivity index (χ3n) is 8.93. The number of H-pyrrole nitrogens is 1. The topological polar surface area (TPSA) is 186 Å². The number of fused-ring (bicyclic) bond motifs is 3. The number of carbonyl (C=O) groups excluding carboxylic acids is 2. The average Bonchev–Trinajstić information content (AvgIpc) is 3.81. The Morgan fingerprint density at radius 2 is 1.72 bits per heavy atom. The zero-order valence-corrected chi connectivity index (χ0v) is 25.5. The number of hydrogen-bond acceptors (Lipinski definition) is 12. The van der Waals surface area contributed by atoms with Crippen molar-refractivity contribution in [2.75, 3.05) is 34.2 Å². The number of methoxy groups -OCH3 is 2. The fourth-order valence-electron chi connectivity index (χ4n) is 6.68. The number of phenolic OH excluding ortho intramolecular Hbond substituents is 1. The van der Waals surface area contributed by atoms with E-state index in [0.717, 1.165) is 0 Å². The zero-order valence-electron chi connectivity index (χ0n) is 25.5. The number of esters is 1. The highest BCUT2D eigenvalue weighted by atomic mass is 16.7. The minimum Gasteiger partial charge on any atom is -0.502 e. The first-order chi connectivity index (χ1) is 22.7. The number of aryl methyl sites for hydroxylation is 1. The third-order valence-corrected chi connectivity index (χ3v) is 8.93. The Kier molecular flexibility index (Phi) is 7.54. The molecule has 3 aliphatic heterocycles. The summed E-state index contributed by atoms with van der Waals surface area (Å²) in [7, 11) is 2.83. The molecule has 15 nitrogen and oxygen atoms in total. The molecule has 1 saturated heterocycles. The molecule has 3 aromatic rings. The summed E-state index contributed by atoms with van der Waals surface area (Å²) < 4.78 is 40.3. The first kappa shape index (κ1) is 30.2. The Morgan fingerprint density at radius 1 is 1.02 bits per heavy atom. The number of alkyl carbamates (subject to hydrolysis) is 1. The van der Waals surface area contributed by atoms with Crippen molar-refractivity contribution in [1.82, 2.24) is 14.9 Å². The van der Waals surface area contributed by atoms with Gasteiger partial charge < -0.3 is 43.6 Å². The van der Waals surface area contributed by atoms with Crippen LogP contribution in [0.15, 0.2) is 52.2 Å². The van der Waals surface area contributed by atoms with E-state index in [1.165, 1.54) is 25.0 Å². The highest BCUT2D eigenvalue weighted by molar-refractivity contribution is 5.80. The fourth-order valence-corrected chi connectivity index (χ4v) is 6.68. The van der Waals surface area contributed by atoms with Crippen LogP contribution in [0.1, 0.15) is 40.4 Å². The fraction of sp³-hybridized carbons (Fsp3) is 0.375. The summed E-state index contributed by atoms with van der Waals surface area (Å²) in [4.78, 5) is 52.9. The highest BCUT2D eigenvalue weighted by Crippen LogP contribution is 2.55. The average molecular weight is 650 g/mol. The van der Waals surface area contributed by atoms with E-state index in [4.69, 9.17) is 33.2 Å². The molecule has 47 heavy (non-hydrogen) atoms. The maximum Gasteiger partial charge on any atom is 0.407 e. The molecule has 246 valence electrons. The Labute approximate surface area is 266 Å². The number of amides is 1. The zero-order chi connectivity index (χ0) is 33.0. The van der Waals surface area contributed by atoms with Crippen LogP contribution in [-0.4, -0.2) is 67.1 Å². The van der Waals surface area contributed by atoms with Crippen LogP contribution < -0.4 is 35.5 Å². The van der Waals surface area contributed by atoms with Crippen molar-refractivity contribution in [3.05, 3.63) is 85.7 Å². The molecule has 1 aromatic heterocycles. The molecule has 1 amide bonds. The first-order valence-electron chi connectivity index (χ1n) is 14.8. The number of nitrogens with zero attached hydrogens (tertiary/aromatic N) is 1. The van der Waals surface area contributed by atoms with Crippen LogP contribution in [0.3, 0.4) is 0 Å². The summed E-state index contributed by atoms with van der Waals surface area (Å²) in [5.74, 6) is -1.14. The highest BCUT2D eigenvalue weighted by Gasteiger charge is 2.53. The van der Waals surface area contributed by atoms with Crippen LogP contribution in [0.5, 0.6) is 28.7 Å². The minimum absolute atomic E-state index is 0.0133. The lowest BCUT2D eigenvalue weighted by Crippen LogP contribution is -2.43. The van der Waals surface area contributed by atoms with E-state index in [0.29, 0.717) is 33.8 Å². The summed E-state index contributed by atoms with van der Waals surface area (Å²) in [5.41, 5.74) is 1.21.